The molecule has 138 valence electrons. The molecule has 1 heterocycles. The fourth-order valence-corrected chi connectivity index (χ4v) is 3.99. The summed E-state index contributed by atoms with van der Waals surface area (Å²) in [6, 6.07) is 14.4. The summed E-state index contributed by atoms with van der Waals surface area (Å²) >= 11 is 6.27. The number of halogens is 1. The summed E-state index contributed by atoms with van der Waals surface area (Å²) in [5.74, 6) is 2.26. The van der Waals surface area contributed by atoms with Gasteiger partial charge in [0, 0.05) is 24.0 Å². The molecular weight excluding hydrogens is 342 g/mol. The Kier molecular flexibility index (Phi) is 6.89. The van der Waals surface area contributed by atoms with Crippen molar-refractivity contribution in [2.24, 2.45) is 0 Å². The van der Waals surface area contributed by atoms with E-state index in [0.717, 1.165) is 41.2 Å². The number of nitrogens with zero attached hydrogens (tertiary/aromatic N) is 1. The molecule has 1 aliphatic heterocycles. The number of terminal acetylenes is 1. The summed E-state index contributed by atoms with van der Waals surface area (Å²) in [5, 5.41) is 12.3. The highest BCUT2D eigenvalue weighted by Gasteiger charge is 2.43. The van der Waals surface area contributed by atoms with E-state index in [1.54, 1.807) is 6.92 Å². The van der Waals surface area contributed by atoms with E-state index in [9.17, 15) is 5.11 Å². The molecule has 2 nitrogen and oxygen atoms in total. The van der Waals surface area contributed by atoms with Crippen molar-refractivity contribution < 1.29 is 5.11 Å². The quantitative estimate of drug-likeness (QED) is 0.761. The Labute approximate surface area is 162 Å². The van der Waals surface area contributed by atoms with Crippen LogP contribution in [-0.2, 0) is 5.60 Å². The second kappa shape index (κ2) is 8.73. The fourth-order valence-electron chi connectivity index (χ4n) is 3.70. The van der Waals surface area contributed by atoms with E-state index in [1.807, 2.05) is 31.2 Å². The predicted octanol–water partition coefficient (Wildman–Crippen LogP) is 4.90. The lowest BCUT2D eigenvalue weighted by Crippen LogP contribution is -2.47. The molecule has 0 amide bonds. The second-order valence-electron chi connectivity index (χ2n) is 7.21. The largest absolute Gasteiger partial charge is 0.384 e. The van der Waals surface area contributed by atoms with Crippen molar-refractivity contribution in [1.82, 2.24) is 4.90 Å². The van der Waals surface area contributed by atoms with Crippen molar-refractivity contribution >= 4 is 11.6 Å². The number of likely N-dealkylation sites (N-methyl/N-ethyl adjacent to an activating group) is 1. The first kappa shape index (κ1) is 20.5. The number of aliphatic hydroxyl groups is 1. The van der Waals surface area contributed by atoms with Crippen molar-refractivity contribution in [3.63, 3.8) is 0 Å². The van der Waals surface area contributed by atoms with E-state index in [1.165, 1.54) is 5.56 Å². The van der Waals surface area contributed by atoms with Crippen molar-refractivity contribution in [2.75, 3.05) is 20.1 Å². The van der Waals surface area contributed by atoms with Crippen LogP contribution in [0.4, 0.5) is 0 Å². The van der Waals surface area contributed by atoms with E-state index in [2.05, 4.69) is 49.4 Å². The van der Waals surface area contributed by atoms with E-state index in [-0.39, 0.29) is 5.92 Å². The number of rotatable bonds is 2. The van der Waals surface area contributed by atoms with Crippen molar-refractivity contribution in [3.05, 3.63) is 69.7 Å². The SMILES string of the molecule is C#CC.Cc1cc(Cl)cc(C2CN(C)CCC2(O)c2cccc(C)c2)c1. The first-order valence-corrected chi connectivity index (χ1v) is 9.30. The van der Waals surface area contributed by atoms with Crippen molar-refractivity contribution in [1.29, 1.82) is 0 Å². The van der Waals surface area contributed by atoms with Crippen LogP contribution in [-0.4, -0.2) is 30.1 Å². The smallest absolute Gasteiger partial charge is 0.0989 e. The fraction of sp³-hybridized carbons (Fsp3) is 0.391. The molecule has 0 aromatic heterocycles. The number of aryl methyl sites for hydroxylation is 2. The summed E-state index contributed by atoms with van der Waals surface area (Å²) in [5.41, 5.74) is 3.58. The third-order valence-electron chi connectivity index (χ3n) is 4.93. The van der Waals surface area contributed by atoms with Gasteiger partial charge in [-0.2, -0.15) is 0 Å². The van der Waals surface area contributed by atoms with Crippen LogP contribution in [0.1, 0.15) is 41.5 Å². The zero-order valence-corrected chi connectivity index (χ0v) is 16.8. The van der Waals surface area contributed by atoms with E-state index in [4.69, 9.17) is 11.6 Å². The second-order valence-corrected chi connectivity index (χ2v) is 7.65. The summed E-state index contributed by atoms with van der Waals surface area (Å²) in [4.78, 5) is 2.28. The molecule has 1 N–H and O–H groups in total. The predicted molar refractivity (Wildman–Crippen MR) is 111 cm³/mol. The number of hydrogen-bond acceptors (Lipinski definition) is 2. The molecule has 1 aliphatic rings. The first-order valence-electron chi connectivity index (χ1n) is 8.92. The minimum absolute atomic E-state index is 0.0143. The molecule has 0 radical (unpaired) electrons. The van der Waals surface area contributed by atoms with Gasteiger partial charge in [-0.05, 0) is 63.1 Å². The monoisotopic (exact) mass is 369 g/mol. The molecule has 26 heavy (non-hydrogen) atoms. The highest BCUT2D eigenvalue weighted by Crippen LogP contribution is 2.44. The zero-order valence-electron chi connectivity index (χ0n) is 16.1. The summed E-state index contributed by atoms with van der Waals surface area (Å²) < 4.78 is 0. The maximum Gasteiger partial charge on any atom is 0.0989 e. The van der Waals surface area contributed by atoms with E-state index < -0.39 is 5.60 Å². The van der Waals surface area contributed by atoms with Crippen LogP contribution < -0.4 is 0 Å². The van der Waals surface area contributed by atoms with Crippen LogP contribution in [0.5, 0.6) is 0 Å². The first-order chi connectivity index (χ1) is 12.3. The molecule has 2 atom stereocenters. The lowest BCUT2D eigenvalue weighted by Gasteiger charge is -2.44. The van der Waals surface area contributed by atoms with Gasteiger partial charge in [0.25, 0.3) is 0 Å². The Morgan fingerprint density at radius 2 is 1.88 bits per heavy atom. The summed E-state index contributed by atoms with van der Waals surface area (Å²) in [7, 11) is 2.11. The molecule has 0 aliphatic carbocycles. The highest BCUT2D eigenvalue weighted by molar-refractivity contribution is 6.30. The topological polar surface area (TPSA) is 23.5 Å². The van der Waals surface area contributed by atoms with Crippen molar-refractivity contribution in [3.8, 4) is 12.3 Å². The van der Waals surface area contributed by atoms with Gasteiger partial charge in [0.05, 0.1) is 5.60 Å². The molecule has 0 saturated carbocycles. The van der Waals surface area contributed by atoms with Gasteiger partial charge in [-0.1, -0.05) is 47.5 Å². The summed E-state index contributed by atoms with van der Waals surface area (Å²) in [6.07, 6.45) is 5.32. The molecule has 2 aromatic carbocycles. The van der Waals surface area contributed by atoms with Crippen molar-refractivity contribution in [2.45, 2.75) is 38.7 Å². The van der Waals surface area contributed by atoms with Crippen LogP contribution in [0.25, 0.3) is 0 Å². The maximum absolute atomic E-state index is 11.6. The zero-order chi connectivity index (χ0) is 19.3. The molecule has 3 rings (SSSR count). The van der Waals surface area contributed by atoms with Gasteiger partial charge >= 0.3 is 0 Å². The molecule has 2 unspecified atom stereocenters. The standard InChI is InChI=1S/C20H24ClNO.C3H4/c1-14-5-4-6-17(10-14)20(23)7-8-22(3)13-19(20)16-9-15(2)11-18(21)12-16;1-3-2/h4-6,9-12,19,23H,7-8,13H2,1-3H3;1H,2H3. The number of piperidine rings is 1. The van der Waals surface area contributed by atoms with Gasteiger partial charge in [-0.25, -0.2) is 0 Å². The highest BCUT2D eigenvalue weighted by atomic mass is 35.5. The normalized spacial score (nSPS) is 22.9. The van der Waals surface area contributed by atoms with Crippen LogP contribution in [0, 0.1) is 26.2 Å². The van der Waals surface area contributed by atoms with Gasteiger partial charge in [0.1, 0.15) is 0 Å². The Balaban J connectivity index is 0.000000758. The molecule has 2 aromatic rings. The summed E-state index contributed by atoms with van der Waals surface area (Å²) in [6.45, 7) is 7.48. The molecule has 1 fully saturated rings. The van der Waals surface area contributed by atoms with Crippen LogP contribution in [0.2, 0.25) is 5.02 Å². The van der Waals surface area contributed by atoms with Gasteiger partial charge < -0.3 is 10.0 Å². The maximum atomic E-state index is 11.6. The van der Waals surface area contributed by atoms with Gasteiger partial charge in [0.2, 0.25) is 0 Å². The Hall–Kier alpha value is -1.79. The van der Waals surface area contributed by atoms with E-state index in [0.29, 0.717) is 0 Å². The van der Waals surface area contributed by atoms with Gasteiger partial charge in [0.15, 0.2) is 0 Å². The minimum atomic E-state index is -0.852. The number of benzene rings is 2. The Morgan fingerprint density at radius 1 is 1.19 bits per heavy atom. The average Bonchev–Trinajstić information content (AvgIpc) is 2.57. The lowest BCUT2D eigenvalue weighted by atomic mass is 9.72. The lowest BCUT2D eigenvalue weighted by molar-refractivity contribution is -0.0419. The van der Waals surface area contributed by atoms with Crippen LogP contribution in [0.15, 0.2) is 42.5 Å². The molecule has 1 saturated heterocycles. The average molecular weight is 370 g/mol. The van der Waals surface area contributed by atoms with Crippen LogP contribution >= 0.6 is 11.6 Å². The molecule has 0 spiro atoms. The molecule has 0 bridgehead atoms. The molecule has 3 heteroatoms. The third-order valence-corrected chi connectivity index (χ3v) is 5.15. The van der Waals surface area contributed by atoms with Gasteiger partial charge in [-0.3, -0.25) is 0 Å². The van der Waals surface area contributed by atoms with Crippen LogP contribution in [0.3, 0.4) is 0 Å². The Morgan fingerprint density at radius 3 is 2.50 bits per heavy atom. The number of likely N-dealkylation sites (tertiary alicyclic amines) is 1. The molecular formula is C23H28ClNO. The van der Waals surface area contributed by atoms with Gasteiger partial charge in [-0.15, -0.1) is 12.3 Å². The Bertz CT molecular complexity index is 775. The third kappa shape index (κ3) is 4.68. The minimum Gasteiger partial charge on any atom is -0.384 e. The van der Waals surface area contributed by atoms with E-state index >= 15 is 0 Å². The number of hydrogen-bond donors (Lipinski definition) is 1.